The van der Waals surface area contributed by atoms with E-state index in [1.165, 1.54) is 37.8 Å². The number of rotatable bonds is 10. The largest absolute Gasteiger partial charge is 0.207 e. The molecule has 0 saturated heterocycles. The van der Waals surface area contributed by atoms with E-state index in [9.17, 15) is 8.78 Å². The zero-order valence-electron chi connectivity index (χ0n) is 19.7. The van der Waals surface area contributed by atoms with E-state index in [0.717, 1.165) is 34.9 Å². The van der Waals surface area contributed by atoms with Crippen molar-refractivity contribution in [2.45, 2.75) is 58.3 Å². The fourth-order valence-electron chi connectivity index (χ4n) is 4.51. The Morgan fingerprint density at radius 3 is 2.15 bits per heavy atom. The van der Waals surface area contributed by atoms with Gasteiger partial charge in [-0.25, -0.2) is 13.2 Å². The molecule has 0 aliphatic carbocycles. The van der Waals surface area contributed by atoms with Crippen LogP contribution in [0.1, 0.15) is 55.7 Å². The fourth-order valence-corrected chi connectivity index (χ4v) is 4.51. The van der Waals surface area contributed by atoms with Crippen LogP contribution in [0.25, 0.3) is 21.9 Å². The van der Waals surface area contributed by atoms with Crippen LogP contribution >= 0.6 is 0 Å². The van der Waals surface area contributed by atoms with Gasteiger partial charge in [0.25, 0.3) is 0 Å². The standard InChI is InChI=1S/C31H31F3/c1-2-3-4-5-6-7-23-11-18-28(30(33)20-23)25-15-19-29-26(21-25)14-13-24(31(29)34)12-8-22-9-16-27(32)17-10-22/h9-11,13-21H,2-8,12H2,1H3. The molecule has 0 spiro atoms. The molecule has 4 aromatic rings. The minimum atomic E-state index is -0.273. The van der Waals surface area contributed by atoms with Gasteiger partial charge >= 0.3 is 0 Å². The van der Waals surface area contributed by atoms with E-state index < -0.39 is 0 Å². The maximum atomic E-state index is 15.2. The number of unbranched alkanes of at least 4 members (excludes halogenated alkanes) is 4. The molecular weight excluding hydrogens is 429 g/mol. The van der Waals surface area contributed by atoms with Gasteiger partial charge in [0.2, 0.25) is 0 Å². The van der Waals surface area contributed by atoms with Crippen LogP contribution in [0.3, 0.4) is 0 Å². The highest BCUT2D eigenvalue weighted by molar-refractivity contribution is 5.88. The predicted octanol–water partition coefficient (Wildman–Crippen LogP) is 9.22. The van der Waals surface area contributed by atoms with Gasteiger partial charge in [-0.1, -0.05) is 81.1 Å². The first kappa shape index (κ1) is 24.1. The number of halogens is 3. The van der Waals surface area contributed by atoms with Crippen LogP contribution in [-0.2, 0) is 19.3 Å². The molecule has 0 atom stereocenters. The average molecular weight is 461 g/mol. The molecule has 0 amide bonds. The van der Waals surface area contributed by atoms with Crippen LogP contribution in [0, 0.1) is 17.5 Å². The Morgan fingerprint density at radius 2 is 1.38 bits per heavy atom. The summed E-state index contributed by atoms with van der Waals surface area (Å²) in [5.41, 5.74) is 3.90. The molecule has 0 radical (unpaired) electrons. The zero-order valence-corrected chi connectivity index (χ0v) is 19.7. The summed E-state index contributed by atoms with van der Waals surface area (Å²) in [5.74, 6) is -0.753. The van der Waals surface area contributed by atoms with Gasteiger partial charge in [-0.15, -0.1) is 0 Å². The Morgan fingerprint density at radius 1 is 0.618 bits per heavy atom. The first-order chi connectivity index (χ1) is 16.5. The number of fused-ring (bicyclic) bond motifs is 1. The Bertz CT molecular complexity index is 1240. The molecule has 176 valence electrons. The molecule has 0 aromatic heterocycles. The lowest BCUT2D eigenvalue weighted by atomic mass is 9.96. The number of hydrogen-bond donors (Lipinski definition) is 0. The summed E-state index contributed by atoms with van der Waals surface area (Å²) < 4.78 is 43.2. The number of hydrogen-bond acceptors (Lipinski definition) is 0. The second-order valence-corrected chi connectivity index (χ2v) is 9.08. The van der Waals surface area contributed by atoms with Crippen molar-refractivity contribution in [1.82, 2.24) is 0 Å². The molecule has 3 heteroatoms. The minimum absolute atomic E-state index is 0.234. The van der Waals surface area contributed by atoms with Gasteiger partial charge in [-0.05, 0) is 77.6 Å². The van der Waals surface area contributed by atoms with Gasteiger partial charge < -0.3 is 0 Å². The summed E-state index contributed by atoms with van der Waals surface area (Å²) in [4.78, 5) is 0. The fraction of sp³-hybridized carbons (Fsp3) is 0.290. The van der Waals surface area contributed by atoms with Crippen molar-refractivity contribution in [2.24, 2.45) is 0 Å². The first-order valence-electron chi connectivity index (χ1n) is 12.3. The van der Waals surface area contributed by atoms with Gasteiger partial charge in [-0.3, -0.25) is 0 Å². The van der Waals surface area contributed by atoms with Crippen LogP contribution in [-0.4, -0.2) is 0 Å². The van der Waals surface area contributed by atoms with E-state index >= 15 is 4.39 Å². The van der Waals surface area contributed by atoms with Crippen molar-refractivity contribution in [2.75, 3.05) is 0 Å². The Balaban J connectivity index is 1.48. The molecule has 34 heavy (non-hydrogen) atoms. The van der Waals surface area contributed by atoms with Crippen LogP contribution in [0.15, 0.2) is 72.8 Å². The first-order valence-corrected chi connectivity index (χ1v) is 12.3. The molecule has 0 heterocycles. The molecule has 0 bridgehead atoms. The molecule has 4 aromatic carbocycles. The van der Waals surface area contributed by atoms with Crippen LogP contribution in [0.5, 0.6) is 0 Å². The minimum Gasteiger partial charge on any atom is -0.207 e. The normalized spacial score (nSPS) is 11.3. The van der Waals surface area contributed by atoms with Crippen LogP contribution in [0.2, 0.25) is 0 Å². The third-order valence-corrected chi connectivity index (χ3v) is 6.54. The molecule has 0 aliphatic heterocycles. The molecule has 0 nitrogen and oxygen atoms in total. The van der Waals surface area contributed by atoms with Crippen LogP contribution in [0.4, 0.5) is 13.2 Å². The smallest absolute Gasteiger partial charge is 0.134 e. The third kappa shape index (κ3) is 5.88. The summed E-state index contributed by atoms with van der Waals surface area (Å²) in [6.07, 6.45) is 8.03. The highest BCUT2D eigenvalue weighted by Gasteiger charge is 2.11. The highest BCUT2D eigenvalue weighted by atomic mass is 19.1. The third-order valence-electron chi connectivity index (χ3n) is 6.54. The summed E-state index contributed by atoms with van der Waals surface area (Å²) in [6.45, 7) is 2.20. The summed E-state index contributed by atoms with van der Waals surface area (Å²) in [5, 5.41) is 1.28. The molecule has 4 rings (SSSR count). The Labute approximate surface area is 200 Å². The van der Waals surface area contributed by atoms with E-state index in [0.29, 0.717) is 29.4 Å². The molecular formula is C31H31F3. The summed E-state index contributed by atoms with van der Waals surface area (Å²) in [7, 11) is 0. The quantitative estimate of drug-likeness (QED) is 0.207. The highest BCUT2D eigenvalue weighted by Crippen LogP contribution is 2.30. The predicted molar refractivity (Wildman–Crippen MR) is 136 cm³/mol. The van der Waals surface area contributed by atoms with Gasteiger partial charge in [0, 0.05) is 10.9 Å². The molecule has 0 fully saturated rings. The van der Waals surface area contributed by atoms with E-state index in [-0.39, 0.29) is 17.5 Å². The number of benzene rings is 4. The van der Waals surface area contributed by atoms with Crippen molar-refractivity contribution in [3.8, 4) is 11.1 Å². The molecule has 0 aliphatic rings. The second kappa shape index (κ2) is 11.4. The maximum Gasteiger partial charge on any atom is 0.134 e. The van der Waals surface area contributed by atoms with Crippen molar-refractivity contribution >= 4 is 10.8 Å². The molecule has 0 unspecified atom stereocenters. The van der Waals surface area contributed by atoms with Crippen molar-refractivity contribution in [1.29, 1.82) is 0 Å². The summed E-state index contributed by atoms with van der Waals surface area (Å²) in [6, 6.07) is 20.9. The lowest BCUT2D eigenvalue weighted by molar-refractivity contribution is 0.618. The van der Waals surface area contributed by atoms with E-state index in [1.54, 1.807) is 36.4 Å². The van der Waals surface area contributed by atoms with E-state index in [4.69, 9.17) is 0 Å². The van der Waals surface area contributed by atoms with Gasteiger partial charge in [0.05, 0.1) is 0 Å². The van der Waals surface area contributed by atoms with Crippen molar-refractivity contribution in [3.63, 3.8) is 0 Å². The SMILES string of the molecule is CCCCCCCc1ccc(-c2ccc3c(F)c(CCc4ccc(F)cc4)ccc3c2)c(F)c1. The lowest BCUT2D eigenvalue weighted by Gasteiger charge is -2.10. The van der Waals surface area contributed by atoms with Crippen molar-refractivity contribution in [3.05, 3.63) is 107 Å². The van der Waals surface area contributed by atoms with Gasteiger partial charge in [0.15, 0.2) is 0 Å². The maximum absolute atomic E-state index is 15.2. The monoisotopic (exact) mass is 460 g/mol. The van der Waals surface area contributed by atoms with Gasteiger partial charge in [0.1, 0.15) is 17.5 Å². The topological polar surface area (TPSA) is 0 Å². The van der Waals surface area contributed by atoms with Gasteiger partial charge in [-0.2, -0.15) is 0 Å². The van der Waals surface area contributed by atoms with E-state index in [1.807, 2.05) is 24.3 Å². The average Bonchev–Trinajstić information content (AvgIpc) is 2.84. The molecule has 0 saturated carbocycles. The van der Waals surface area contributed by atoms with Crippen LogP contribution < -0.4 is 0 Å². The Kier molecular flexibility index (Phi) is 8.05. The number of aryl methyl sites for hydroxylation is 3. The lowest BCUT2D eigenvalue weighted by Crippen LogP contribution is -1.96. The second-order valence-electron chi connectivity index (χ2n) is 9.08. The Hall–Kier alpha value is -3.07. The zero-order chi connectivity index (χ0) is 23.9. The summed E-state index contributed by atoms with van der Waals surface area (Å²) >= 11 is 0. The molecule has 0 N–H and O–H groups in total. The van der Waals surface area contributed by atoms with Crippen molar-refractivity contribution < 1.29 is 13.2 Å². The van der Waals surface area contributed by atoms with E-state index in [2.05, 4.69) is 6.92 Å².